The van der Waals surface area contributed by atoms with Crippen LogP contribution in [0.1, 0.15) is 11.1 Å². The fourth-order valence-corrected chi connectivity index (χ4v) is 2.22. The van der Waals surface area contributed by atoms with Crippen LogP contribution in [0.5, 0.6) is 0 Å². The first-order valence-corrected chi connectivity index (χ1v) is 6.08. The first-order valence-electron chi connectivity index (χ1n) is 5.33. The monoisotopic (exact) mass is 276 g/mol. The third-order valence-electron chi connectivity index (χ3n) is 2.53. The fourth-order valence-electron chi connectivity index (χ4n) is 1.70. The molecule has 0 aliphatic heterocycles. The number of rotatable bonds is 2. The highest BCUT2D eigenvalue weighted by Gasteiger charge is 2.06. The molecule has 0 fully saturated rings. The molecule has 0 aromatic heterocycles. The van der Waals surface area contributed by atoms with Gasteiger partial charge < -0.3 is 5.32 Å². The zero-order valence-electron chi connectivity index (χ0n) is 9.67. The minimum atomic E-state index is 0.553. The van der Waals surface area contributed by atoms with Crippen LogP contribution < -0.4 is 5.32 Å². The molecule has 0 bridgehead atoms. The van der Waals surface area contributed by atoms with E-state index in [1.165, 1.54) is 0 Å². The predicted octanol–water partition coefficient (Wildman–Crippen LogP) is 4.92. The lowest BCUT2D eigenvalue weighted by Gasteiger charge is -2.11. The minimum Gasteiger partial charge on any atom is -0.354 e. The number of anilines is 2. The molecule has 0 aliphatic carbocycles. The van der Waals surface area contributed by atoms with E-state index in [2.05, 4.69) is 11.4 Å². The summed E-state index contributed by atoms with van der Waals surface area (Å²) in [7, 11) is 0. The van der Waals surface area contributed by atoms with Crippen molar-refractivity contribution in [2.75, 3.05) is 5.32 Å². The molecule has 90 valence electrons. The van der Waals surface area contributed by atoms with Crippen molar-refractivity contribution in [1.82, 2.24) is 0 Å². The van der Waals surface area contributed by atoms with Crippen LogP contribution in [0, 0.1) is 18.3 Å². The van der Waals surface area contributed by atoms with E-state index in [0.29, 0.717) is 15.6 Å². The number of halogens is 2. The second kappa shape index (κ2) is 5.30. The summed E-state index contributed by atoms with van der Waals surface area (Å²) >= 11 is 11.9. The highest BCUT2D eigenvalue weighted by atomic mass is 35.5. The maximum absolute atomic E-state index is 9.09. The van der Waals surface area contributed by atoms with Gasteiger partial charge in [-0.1, -0.05) is 35.3 Å². The average Bonchev–Trinajstić information content (AvgIpc) is 2.30. The summed E-state index contributed by atoms with van der Waals surface area (Å²) in [4.78, 5) is 0. The van der Waals surface area contributed by atoms with Gasteiger partial charge in [0, 0.05) is 15.7 Å². The predicted molar refractivity (Wildman–Crippen MR) is 75.6 cm³/mol. The molecule has 2 aromatic rings. The van der Waals surface area contributed by atoms with Crippen molar-refractivity contribution in [3.8, 4) is 6.07 Å². The van der Waals surface area contributed by atoms with E-state index in [9.17, 15) is 0 Å². The summed E-state index contributed by atoms with van der Waals surface area (Å²) in [5.74, 6) is 0. The summed E-state index contributed by atoms with van der Waals surface area (Å²) in [6.07, 6.45) is 0. The van der Waals surface area contributed by atoms with Gasteiger partial charge in [0.05, 0.1) is 11.3 Å². The third-order valence-corrected chi connectivity index (χ3v) is 2.96. The smallest absolute Gasteiger partial charge is 0.101 e. The number of aryl methyl sites for hydroxylation is 1. The molecule has 0 radical (unpaired) electrons. The van der Waals surface area contributed by atoms with Crippen molar-refractivity contribution in [1.29, 1.82) is 5.26 Å². The molecule has 0 saturated heterocycles. The molecule has 0 heterocycles. The van der Waals surface area contributed by atoms with E-state index in [1.54, 1.807) is 24.3 Å². The third kappa shape index (κ3) is 2.76. The average molecular weight is 277 g/mol. The standard InChI is InChI=1S/C14H10Cl2N2/c1-9-3-2-4-10(8-17)14(9)18-13-6-11(15)5-12(16)7-13/h2-7,18H,1H3. The van der Waals surface area contributed by atoms with Crippen LogP contribution in [0.25, 0.3) is 0 Å². The largest absolute Gasteiger partial charge is 0.354 e. The summed E-state index contributed by atoms with van der Waals surface area (Å²) in [5, 5.41) is 13.4. The van der Waals surface area contributed by atoms with E-state index >= 15 is 0 Å². The van der Waals surface area contributed by atoms with Crippen molar-refractivity contribution in [2.24, 2.45) is 0 Å². The van der Waals surface area contributed by atoms with Crippen LogP contribution in [0.4, 0.5) is 11.4 Å². The number of hydrogen-bond donors (Lipinski definition) is 1. The van der Waals surface area contributed by atoms with Gasteiger partial charge in [0.2, 0.25) is 0 Å². The Labute approximate surface area is 116 Å². The van der Waals surface area contributed by atoms with Crippen LogP contribution in [0.15, 0.2) is 36.4 Å². The fraction of sp³-hybridized carbons (Fsp3) is 0.0714. The maximum atomic E-state index is 9.09. The van der Waals surface area contributed by atoms with Crippen molar-refractivity contribution >= 4 is 34.6 Å². The number of nitrogens with zero attached hydrogens (tertiary/aromatic N) is 1. The zero-order valence-corrected chi connectivity index (χ0v) is 11.2. The van der Waals surface area contributed by atoms with Crippen molar-refractivity contribution in [3.63, 3.8) is 0 Å². The SMILES string of the molecule is Cc1cccc(C#N)c1Nc1cc(Cl)cc(Cl)c1. The summed E-state index contributed by atoms with van der Waals surface area (Å²) in [6, 6.07) is 12.9. The number of nitrogens with one attached hydrogen (secondary N) is 1. The molecule has 0 aliphatic rings. The molecule has 2 nitrogen and oxygen atoms in total. The second-order valence-electron chi connectivity index (χ2n) is 3.89. The molecule has 0 spiro atoms. The lowest BCUT2D eigenvalue weighted by Crippen LogP contribution is -1.96. The Bertz CT molecular complexity index is 610. The highest BCUT2D eigenvalue weighted by molar-refractivity contribution is 6.35. The van der Waals surface area contributed by atoms with Gasteiger partial charge in [-0.3, -0.25) is 0 Å². The molecule has 2 aromatic carbocycles. The van der Waals surface area contributed by atoms with E-state index in [0.717, 1.165) is 16.9 Å². The van der Waals surface area contributed by atoms with E-state index in [-0.39, 0.29) is 0 Å². The highest BCUT2D eigenvalue weighted by Crippen LogP contribution is 2.28. The van der Waals surface area contributed by atoms with Crippen molar-refractivity contribution < 1.29 is 0 Å². The zero-order chi connectivity index (χ0) is 13.1. The van der Waals surface area contributed by atoms with Crippen molar-refractivity contribution in [2.45, 2.75) is 6.92 Å². The molecule has 0 unspecified atom stereocenters. The van der Waals surface area contributed by atoms with Gasteiger partial charge in [-0.15, -0.1) is 0 Å². The molecule has 2 rings (SSSR count). The van der Waals surface area contributed by atoms with Gasteiger partial charge in [-0.25, -0.2) is 0 Å². The quantitative estimate of drug-likeness (QED) is 0.845. The van der Waals surface area contributed by atoms with Crippen molar-refractivity contribution in [3.05, 3.63) is 57.6 Å². The van der Waals surface area contributed by atoms with Gasteiger partial charge in [0.1, 0.15) is 6.07 Å². The molecule has 0 atom stereocenters. The summed E-state index contributed by atoms with van der Waals surface area (Å²) in [5.41, 5.74) is 3.12. The topological polar surface area (TPSA) is 35.8 Å². The maximum Gasteiger partial charge on any atom is 0.101 e. The molecule has 1 N–H and O–H groups in total. The number of benzene rings is 2. The lowest BCUT2D eigenvalue weighted by atomic mass is 10.1. The van der Waals surface area contributed by atoms with Gasteiger partial charge in [0.25, 0.3) is 0 Å². The van der Waals surface area contributed by atoms with Crippen LogP contribution in [0.2, 0.25) is 10.0 Å². The molecule has 4 heteroatoms. The van der Waals surface area contributed by atoms with Crippen LogP contribution in [-0.2, 0) is 0 Å². The van der Waals surface area contributed by atoms with E-state index in [1.807, 2.05) is 19.1 Å². The minimum absolute atomic E-state index is 0.553. The number of para-hydroxylation sites is 1. The molecule has 18 heavy (non-hydrogen) atoms. The Morgan fingerprint density at radius 2 is 1.78 bits per heavy atom. The first-order chi connectivity index (χ1) is 8.60. The van der Waals surface area contributed by atoms with E-state index < -0.39 is 0 Å². The first kappa shape index (κ1) is 12.8. The lowest BCUT2D eigenvalue weighted by molar-refractivity contribution is 1.39. The summed E-state index contributed by atoms with van der Waals surface area (Å²) in [6.45, 7) is 1.94. The van der Waals surface area contributed by atoms with E-state index in [4.69, 9.17) is 28.5 Å². The summed E-state index contributed by atoms with van der Waals surface area (Å²) < 4.78 is 0. The van der Waals surface area contributed by atoms with Gasteiger partial charge in [-0.2, -0.15) is 5.26 Å². The molecule has 0 amide bonds. The van der Waals surface area contributed by atoms with Crippen LogP contribution >= 0.6 is 23.2 Å². The number of nitriles is 1. The van der Waals surface area contributed by atoms with Gasteiger partial charge in [0.15, 0.2) is 0 Å². The normalized spacial score (nSPS) is 9.89. The molecular weight excluding hydrogens is 267 g/mol. The molecule has 0 saturated carbocycles. The van der Waals surface area contributed by atoms with Gasteiger partial charge >= 0.3 is 0 Å². The second-order valence-corrected chi connectivity index (χ2v) is 4.77. The molecular formula is C14H10Cl2N2. The Balaban J connectivity index is 2.43. The van der Waals surface area contributed by atoms with Crippen LogP contribution in [-0.4, -0.2) is 0 Å². The Morgan fingerprint density at radius 3 is 2.39 bits per heavy atom. The Kier molecular flexibility index (Phi) is 3.76. The van der Waals surface area contributed by atoms with Crippen LogP contribution in [0.3, 0.4) is 0 Å². The number of hydrogen-bond acceptors (Lipinski definition) is 2. The van der Waals surface area contributed by atoms with Gasteiger partial charge in [-0.05, 0) is 36.8 Å². The Morgan fingerprint density at radius 1 is 1.11 bits per heavy atom. The Hall–Kier alpha value is -1.69.